The first-order chi connectivity index (χ1) is 9.15. The smallest absolute Gasteiger partial charge is 0.407 e. The summed E-state index contributed by atoms with van der Waals surface area (Å²) in [6.45, 7) is 0.627. The van der Waals surface area contributed by atoms with Gasteiger partial charge in [-0.25, -0.2) is 4.79 Å². The molecule has 1 heterocycles. The number of rotatable bonds is 3. The number of likely N-dealkylation sites (tertiary alicyclic amines) is 1. The lowest BCUT2D eigenvalue weighted by Crippen LogP contribution is -2.29. The number of hydrogen-bond acceptors (Lipinski definition) is 3. The number of thioether (sulfide) groups is 1. The maximum atomic E-state index is 11.3. The minimum absolute atomic E-state index is 0.0257. The van der Waals surface area contributed by atoms with E-state index in [0.717, 1.165) is 18.4 Å². The predicted molar refractivity (Wildman–Crippen MR) is 76.4 cm³/mol. The van der Waals surface area contributed by atoms with Crippen LogP contribution < -0.4 is 5.73 Å². The third-order valence-corrected chi connectivity index (χ3v) is 5.14. The van der Waals surface area contributed by atoms with Gasteiger partial charge in [0.15, 0.2) is 0 Å². The molecule has 5 heteroatoms. The van der Waals surface area contributed by atoms with Crippen molar-refractivity contribution < 1.29 is 9.90 Å². The van der Waals surface area contributed by atoms with Crippen LogP contribution in [0.2, 0.25) is 0 Å². The molecule has 19 heavy (non-hydrogen) atoms. The van der Waals surface area contributed by atoms with Crippen molar-refractivity contribution in [1.82, 2.24) is 4.90 Å². The molecule has 1 atom stereocenters. The van der Waals surface area contributed by atoms with Crippen LogP contribution >= 0.6 is 11.8 Å². The number of carbonyl (C=O) groups is 1. The normalized spacial score (nSPS) is 22.7. The minimum Gasteiger partial charge on any atom is -0.465 e. The van der Waals surface area contributed by atoms with Crippen LogP contribution in [0.15, 0.2) is 23.1 Å². The number of amides is 1. The Hall–Kier alpha value is -1.36. The second-order valence-electron chi connectivity index (χ2n) is 5.25. The number of nitrogens with two attached hydrogens (primary N) is 1. The van der Waals surface area contributed by atoms with Gasteiger partial charge in [0.05, 0.1) is 6.04 Å². The van der Waals surface area contributed by atoms with Crippen LogP contribution in [0.3, 0.4) is 0 Å². The molecule has 1 aromatic carbocycles. The lowest BCUT2D eigenvalue weighted by Gasteiger charge is -2.24. The maximum absolute atomic E-state index is 11.3. The zero-order chi connectivity index (χ0) is 13.4. The van der Waals surface area contributed by atoms with E-state index < -0.39 is 6.09 Å². The highest BCUT2D eigenvalue weighted by Crippen LogP contribution is 2.44. The van der Waals surface area contributed by atoms with E-state index in [0.29, 0.717) is 17.5 Å². The summed E-state index contributed by atoms with van der Waals surface area (Å²) in [4.78, 5) is 14.1. The maximum Gasteiger partial charge on any atom is 0.407 e. The lowest BCUT2D eigenvalue weighted by molar-refractivity contribution is 0.140. The Morgan fingerprint density at radius 2 is 2.16 bits per heavy atom. The molecule has 1 saturated carbocycles. The molecule has 3 N–H and O–H groups in total. The summed E-state index contributed by atoms with van der Waals surface area (Å²) >= 11 is 1.87. The van der Waals surface area contributed by atoms with Crippen molar-refractivity contribution in [2.24, 2.45) is 0 Å². The Balaban J connectivity index is 1.92. The molecule has 102 valence electrons. The van der Waals surface area contributed by atoms with Gasteiger partial charge in [0, 0.05) is 22.4 Å². The van der Waals surface area contributed by atoms with Crippen LogP contribution in [0, 0.1) is 0 Å². The Morgan fingerprint density at radius 3 is 2.84 bits per heavy atom. The van der Waals surface area contributed by atoms with Gasteiger partial charge in [0.2, 0.25) is 0 Å². The van der Waals surface area contributed by atoms with Gasteiger partial charge in [-0.3, -0.25) is 0 Å². The molecule has 1 aliphatic carbocycles. The summed E-state index contributed by atoms with van der Waals surface area (Å²) in [5.41, 5.74) is 7.70. The van der Waals surface area contributed by atoms with E-state index in [-0.39, 0.29) is 6.04 Å². The average Bonchev–Trinajstić information content (AvgIpc) is 3.04. The second-order valence-corrected chi connectivity index (χ2v) is 6.59. The van der Waals surface area contributed by atoms with Crippen molar-refractivity contribution in [3.8, 4) is 0 Å². The molecule has 1 amide bonds. The summed E-state index contributed by atoms with van der Waals surface area (Å²) in [7, 11) is 0. The fourth-order valence-corrected chi connectivity index (χ4v) is 3.83. The van der Waals surface area contributed by atoms with Gasteiger partial charge in [-0.15, -0.1) is 11.8 Å². The summed E-state index contributed by atoms with van der Waals surface area (Å²) in [6.07, 6.45) is 3.53. The lowest BCUT2D eigenvalue weighted by atomic mass is 10.0. The fourth-order valence-electron chi connectivity index (χ4n) is 2.62. The molecule has 3 rings (SSSR count). The monoisotopic (exact) mass is 278 g/mol. The van der Waals surface area contributed by atoms with Crippen LogP contribution in [-0.4, -0.2) is 27.9 Å². The van der Waals surface area contributed by atoms with E-state index in [4.69, 9.17) is 5.73 Å². The zero-order valence-electron chi connectivity index (χ0n) is 10.7. The van der Waals surface area contributed by atoms with E-state index in [1.54, 1.807) is 4.90 Å². The van der Waals surface area contributed by atoms with E-state index in [9.17, 15) is 9.90 Å². The molecule has 4 nitrogen and oxygen atoms in total. The van der Waals surface area contributed by atoms with Crippen LogP contribution in [-0.2, 0) is 0 Å². The van der Waals surface area contributed by atoms with Gasteiger partial charge >= 0.3 is 6.09 Å². The highest BCUT2D eigenvalue weighted by Gasteiger charge is 2.33. The number of nitrogens with zero attached hydrogens (tertiary/aromatic N) is 1. The SMILES string of the molecule is Nc1ccc(SC2CC2)c(C2CCCN2C(=O)O)c1. The first-order valence-electron chi connectivity index (χ1n) is 6.71. The zero-order valence-corrected chi connectivity index (χ0v) is 11.5. The standard InChI is InChI=1S/C14H18N2O2S/c15-9-3-6-13(19-10-4-5-10)11(8-9)12-2-1-7-16(12)14(17)18/h3,6,8,10,12H,1-2,4-5,7,15H2,(H,17,18). The van der Waals surface area contributed by atoms with Crippen LogP contribution in [0.5, 0.6) is 0 Å². The van der Waals surface area contributed by atoms with Crippen molar-refractivity contribution in [2.45, 2.75) is 41.9 Å². The van der Waals surface area contributed by atoms with Gasteiger partial charge in [-0.2, -0.15) is 0 Å². The Bertz CT molecular complexity index is 502. The molecule has 1 aliphatic heterocycles. The highest BCUT2D eigenvalue weighted by molar-refractivity contribution is 8.00. The molecule has 2 fully saturated rings. The number of hydrogen-bond donors (Lipinski definition) is 2. The van der Waals surface area contributed by atoms with Crippen molar-refractivity contribution in [3.05, 3.63) is 23.8 Å². The quantitative estimate of drug-likeness (QED) is 0.832. The highest BCUT2D eigenvalue weighted by atomic mass is 32.2. The number of anilines is 1. The molecule has 0 spiro atoms. The van der Waals surface area contributed by atoms with E-state index in [1.165, 1.54) is 17.7 Å². The number of benzene rings is 1. The van der Waals surface area contributed by atoms with Gasteiger partial charge in [0.1, 0.15) is 0 Å². The molecular formula is C14H18N2O2S. The molecule has 2 aliphatic rings. The Morgan fingerprint density at radius 1 is 1.37 bits per heavy atom. The second kappa shape index (κ2) is 4.96. The van der Waals surface area contributed by atoms with Crippen LogP contribution in [0.1, 0.15) is 37.3 Å². The topological polar surface area (TPSA) is 66.6 Å². The van der Waals surface area contributed by atoms with Gasteiger partial charge in [-0.05, 0) is 49.4 Å². The van der Waals surface area contributed by atoms with Crippen molar-refractivity contribution >= 4 is 23.5 Å². The first-order valence-corrected chi connectivity index (χ1v) is 7.59. The first kappa shape index (κ1) is 12.7. The third-order valence-electron chi connectivity index (χ3n) is 3.71. The average molecular weight is 278 g/mol. The third kappa shape index (κ3) is 2.66. The molecule has 0 aromatic heterocycles. The number of nitrogen functional groups attached to an aromatic ring is 1. The van der Waals surface area contributed by atoms with Crippen molar-refractivity contribution in [3.63, 3.8) is 0 Å². The summed E-state index contributed by atoms with van der Waals surface area (Å²) in [5.74, 6) is 0. The molecule has 1 unspecified atom stereocenters. The van der Waals surface area contributed by atoms with E-state index in [1.807, 2.05) is 30.0 Å². The van der Waals surface area contributed by atoms with E-state index in [2.05, 4.69) is 0 Å². The Labute approximate surface area is 117 Å². The van der Waals surface area contributed by atoms with Gasteiger partial charge in [0.25, 0.3) is 0 Å². The summed E-state index contributed by atoms with van der Waals surface area (Å²) in [6, 6.07) is 5.89. The van der Waals surface area contributed by atoms with Crippen LogP contribution in [0.4, 0.5) is 10.5 Å². The van der Waals surface area contributed by atoms with Crippen LogP contribution in [0.25, 0.3) is 0 Å². The van der Waals surface area contributed by atoms with Gasteiger partial charge < -0.3 is 15.7 Å². The fraction of sp³-hybridized carbons (Fsp3) is 0.500. The van der Waals surface area contributed by atoms with Gasteiger partial charge in [-0.1, -0.05) is 0 Å². The molecule has 1 saturated heterocycles. The molecule has 0 bridgehead atoms. The summed E-state index contributed by atoms with van der Waals surface area (Å²) < 4.78 is 0. The minimum atomic E-state index is -0.827. The molecule has 1 aromatic rings. The van der Waals surface area contributed by atoms with Crippen molar-refractivity contribution in [2.75, 3.05) is 12.3 Å². The van der Waals surface area contributed by atoms with E-state index >= 15 is 0 Å². The predicted octanol–water partition coefficient (Wildman–Crippen LogP) is 3.34. The molecular weight excluding hydrogens is 260 g/mol. The molecule has 0 radical (unpaired) electrons. The number of carboxylic acid groups (broad SMARTS) is 1. The van der Waals surface area contributed by atoms with Crippen molar-refractivity contribution in [1.29, 1.82) is 0 Å². The summed E-state index contributed by atoms with van der Waals surface area (Å²) in [5, 5.41) is 10.00. The largest absolute Gasteiger partial charge is 0.465 e. The Kier molecular flexibility index (Phi) is 3.31.